The summed E-state index contributed by atoms with van der Waals surface area (Å²) in [4.78, 5) is 26.0. The Morgan fingerprint density at radius 1 is 1.37 bits per heavy atom. The van der Waals surface area contributed by atoms with Crippen molar-refractivity contribution in [1.29, 1.82) is 0 Å². The van der Waals surface area contributed by atoms with Gasteiger partial charge in [-0.05, 0) is 6.42 Å². The smallest absolute Gasteiger partial charge is 0.318 e. The van der Waals surface area contributed by atoms with Gasteiger partial charge in [0.2, 0.25) is 0 Å². The average molecular weight is 267 g/mol. The highest BCUT2D eigenvalue weighted by atomic mass is 16.4. The summed E-state index contributed by atoms with van der Waals surface area (Å²) in [7, 11) is 0. The van der Waals surface area contributed by atoms with Crippen LogP contribution in [0.15, 0.2) is 0 Å². The van der Waals surface area contributed by atoms with Crippen LogP contribution >= 0.6 is 0 Å². The van der Waals surface area contributed by atoms with E-state index >= 15 is 0 Å². The van der Waals surface area contributed by atoms with E-state index in [1.54, 1.807) is 4.90 Å². The van der Waals surface area contributed by atoms with E-state index in [4.69, 9.17) is 11.5 Å². The minimum Gasteiger partial charge on any atom is -0.480 e. The summed E-state index contributed by atoms with van der Waals surface area (Å²) < 4.78 is 0. The van der Waals surface area contributed by atoms with Gasteiger partial charge in [0.25, 0.3) is 0 Å². The van der Waals surface area contributed by atoms with Crippen LogP contribution in [0.2, 0.25) is 0 Å². The lowest BCUT2D eigenvalue weighted by atomic mass is 10.2. The van der Waals surface area contributed by atoms with E-state index in [0.29, 0.717) is 26.2 Å². The van der Waals surface area contributed by atoms with Crippen molar-refractivity contribution in [3.8, 4) is 12.3 Å². The van der Waals surface area contributed by atoms with E-state index in [0.717, 1.165) is 12.8 Å². The van der Waals surface area contributed by atoms with Gasteiger partial charge in [0.1, 0.15) is 0 Å². The lowest BCUT2D eigenvalue weighted by Crippen LogP contribution is -2.54. The third kappa shape index (κ3) is 5.18. The number of carbonyl (C=O) groups excluding carboxylic acids is 1. The average Bonchev–Trinajstić information content (AvgIpc) is 2.38. The Labute approximate surface area is 113 Å². The quantitative estimate of drug-likeness (QED) is 0.698. The number of terminal acetylenes is 1. The third-order valence-corrected chi connectivity index (χ3v) is 3.09. The summed E-state index contributed by atoms with van der Waals surface area (Å²) >= 11 is 0. The molecule has 0 radical (unpaired) electrons. The van der Waals surface area contributed by atoms with Gasteiger partial charge in [-0.3, -0.25) is 9.69 Å². The molecular weight excluding hydrogens is 246 g/mol. The Balaban J connectivity index is 2.36. The number of hydrogen-bond acceptors (Lipinski definition) is 3. The highest BCUT2D eigenvalue weighted by Gasteiger charge is 2.23. The minimum atomic E-state index is -0.840. The summed E-state index contributed by atoms with van der Waals surface area (Å²) in [5.74, 6) is 1.72. The maximum absolute atomic E-state index is 12.0. The molecule has 2 N–H and O–H groups in total. The van der Waals surface area contributed by atoms with E-state index < -0.39 is 5.97 Å². The van der Waals surface area contributed by atoms with Gasteiger partial charge >= 0.3 is 12.0 Å². The predicted molar refractivity (Wildman–Crippen MR) is 71.7 cm³/mol. The molecule has 0 bridgehead atoms. The second-order valence-electron chi connectivity index (χ2n) is 4.61. The van der Waals surface area contributed by atoms with E-state index in [-0.39, 0.29) is 18.6 Å². The van der Waals surface area contributed by atoms with Crippen LogP contribution in [-0.4, -0.2) is 65.7 Å². The number of carbonyl (C=O) groups is 2. The topological polar surface area (TPSA) is 72.9 Å². The van der Waals surface area contributed by atoms with Gasteiger partial charge in [0, 0.05) is 26.2 Å². The fourth-order valence-electron chi connectivity index (χ4n) is 2.03. The first-order chi connectivity index (χ1) is 9.06. The summed E-state index contributed by atoms with van der Waals surface area (Å²) in [6.45, 7) is 4.26. The molecule has 0 aromatic heterocycles. The van der Waals surface area contributed by atoms with Gasteiger partial charge < -0.3 is 15.3 Å². The van der Waals surface area contributed by atoms with Crippen LogP contribution in [0.3, 0.4) is 0 Å². The van der Waals surface area contributed by atoms with E-state index in [1.165, 1.54) is 0 Å². The van der Waals surface area contributed by atoms with Gasteiger partial charge in [-0.1, -0.05) is 19.3 Å². The van der Waals surface area contributed by atoms with Gasteiger partial charge in [0.05, 0.1) is 12.6 Å². The summed E-state index contributed by atoms with van der Waals surface area (Å²) in [6.07, 6.45) is 7.04. The normalized spacial score (nSPS) is 17.6. The van der Waals surface area contributed by atoms with Crippen molar-refractivity contribution in [2.45, 2.75) is 25.8 Å². The van der Waals surface area contributed by atoms with Crippen LogP contribution in [0, 0.1) is 12.3 Å². The molecule has 0 spiro atoms. The number of nitrogens with one attached hydrogen (secondary N) is 1. The number of amides is 2. The molecule has 1 saturated heterocycles. The van der Waals surface area contributed by atoms with Crippen molar-refractivity contribution in [2.75, 3.05) is 32.7 Å². The molecule has 1 aliphatic rings. The number of hydrogen-bond donors (Lipinski definition) is 2. The first-order valence-electron chi connectivity index (χ1n) is 6.52. The summed E-state index contributed by atoms with van der Waals surface area (Å²) in [5.41, 5.74) is 0. The molecule has 0 aliphatic carbocycles. The number of rotatable bonds is 5. The molecule has 106 valence electrons. The van der Waals surface area contributed by atoms with Crippen molar-refractivity contribution in [1.82, 2.24) is 15.1 Å². The molecule has 6 nitrogen and oxygen atoms in total. The van der Waals surface area contributed by atoms with E-state index in [1.807, 2.05) is 11.8 Å². The fourth-order valence-corrected chi connectivity index (χ4v) is 2.03. The van der Waals surface area contributed by atoms with Crippen LogP contribution < -0.4 is 5.32 Å². The Morgan fingerprint density at radius 2 is 2.00 bits per heavy atom. The van der Waals surface area contributed by atoms with Crippen LogP contribution in [0.5, 0.6) is 0 Å². The molecule has 2 amide bonds. The molecule has 19 heavy (non-hydrogen) atoms. The number of urea groups is 1. The molecule has 0 aromatic carbocycles. The highest BCUT2D eigenvalue weighted by molar-refractivity contribution is 5.75. The lowest BCUT2D eigenvalue weighted by molar-refractivity contribution is -0.138. The molecular formula is C13H21N3O3. The fraction of sp³-hybridized carbons (Fsp3) is 0.692. The minimum absolute atomic E-state index is 0.0261. The van der Waals surface area contributed by atoms with Crippen molar-refractivity contribution in [3.63, 3.8) is 0 Å². The molecule has 1 atom stereocenters. The zero-order valence-corrected chi connectivity index (χ0v) is 11.3. The van der Waals surface area contributed by atoms with Crippen LogP contribution in [0.1, 0.15) is 19.8 Å². The monoisotopic (exact) mass is 267 g/mol. The van der Waals surface area contributed by atoms with Gasteiger partial charge in [-0.15, -0.1) is 6.42 Å². The predicted octanol–water partition coefficient (Wildman–Crippen LogP) is 0.200. The molecule has 0 aromatic rings. The van der Waals surface area contributed by atoms with Gasteiger partial charge in [0.15, 0.2) is 0 Å². The molecule has 1 heterocycles. The molecule has 6 heteroatoms. The maximum atomic E-state index is 12.0. The highest BCUT2D eigenvalue weighted by Crippen LogP contribution is 2.03. The van der Waals surface area contributed by atoms with Gasteiger partial charge in [-0.2, -0.15) is 0 Å². The Kier molecular flexibility index (Phi) is 6.16. The number of carboxylic acids is 1. The molecule has 1 aliphatic heterocycles. The number of carboxylic acid groups (broad SMARTS) is 1. The lowest BCUT2D eigenvalue weighted by Gasteiger charge is -2.34. The molecule has 1 unspecified atom stereocenters. The van der Waals surface area contributed by atoms with Crippen molar-refractivity contribution < 1.29 is 14.7 Å². The summed E-state index contributed by atoms with van der Waals surface area (Å²) in [5, 5.41) is 11.5. The van der Waals surface area contributed by atoms with Crippen molar-refractivity contribution in [3.05, 3.63) is 0 Å². The number of aliphatic carboxylic acids is 1. The largest absolute Gasteiger partial charge is 0.480 e. The first-order valence-corrected chi connectivity index (χ1v) is 6.52. The number of nitrogens with zero attached hydrogens (tertiary/aromatic N) is 2. The second kappa shape index (κ2) is 7.64. The standard InChI is InChI=1S/C13H21N3O3/c1-3-5-11(4-2)14-13(19)16-8-6-15(7-9-16)10-12(17)18/h2,11H,3,5-10H2,1H3,(H,14,19)(H,17,18). The van der Waals surface area contributed by atoms with Crippen LogP contribution in [0.25, 0.3) is 0 Å². The molecule has 1 rings (SSSR count). The Morgan fingerprint density at radius 3 is 2.47 bits per heavy atom. The zero-order chi connectivity index (χ0) is 14.3. The zero-order valence-electron chi connectivity index (χ0n) is 11.3. The Hall–Kier alpha value is -1.74. The SMILES string of the molecule is C#CC(CCC)NC(=O)N1CCN(CC(=O)O)CC1. The Bertz CT molecular complexity index is 357. The number of piperazine rings is 1. The van der Waals surface area contributed by atoms with Crippen LogP contribution in [0.4, 0.5) is 4.79 Å². The molecule has 1 fully saturated rings. The maximum Gasteiger partial charge on any atom is 0.318 e. The first kappa shape index (κ1) is 15.3. The third-order valence-electron chi connectivity index (χ3n) is 3.09. The van der Waals surface area contributed by atoms with Crippen molar-refractivity contribution in [2.24, 2.45) is 0 Å². The van der Waals surface area contributed by atoms with Crippen LogP contribution in [-0.2, 0) is 4.79 Å². The van der Waals surface area contributed by atoms with E-state index in [9.17, 15) is 9.59 Å². The van der Waals surface area contributed by atoms with Gasteiger partial charge in [-0.25, -0.2) is 4.79 Å². The summed E-state index contributed by atoms with van der Waals surface area (Å²) in [6, 6.07) is -0.388. The van der Waals surface area contributed by atoms with E-state index in [2.05, 4.69) is 11.2 Å². The van der Waals surface area contributed by atoms with Crippen molar-refractivity contribution >= 4 is 12.0 Å². The molecule has 0 saturated carbocycles. The second-order valence-corrected chi connectivity index (χ2v) is 4.61.